The second kappa shape index (κ2) is 11.0. The number of hydrogen-bond donors (Lipinski definition) is 0. The van der Waals surface area contributed by atoms with Gasteiger partial charge in [-0.2, -0.15) is 20.4 Å². The molecule has 0 unspecified atom stereocenters. The Morgan fingerprint density at radius 3 is 1.92 bits per heavy atom. The van der Waals surface area contributed by atoms with Gasteiger partial charge in [0, 0.05) is 24.0 Å². The van der Waals surface area contributed by atoms with Crippen molar-refractivity contribution >= 4 is 17.3 Å². The van der Waals surface area contributed by atoms with Crippen LogP contribution in [0.3, 0.4) is 0 Å². The minimum atomic E-state index is -2.64. The van der Waals surface area contributed by atoms with Gasteiger partial charge in [0.15, 0.2) is 0 Å². The topological polar surface area (TPSA) is 102 Å². The maximum absolute atomic E-state index is 13.1. The third-order valence-corrected chi connectivity index (χ3v) is 7.20. The molecule has 0 aromatic carbocycles. The van der Waals surface area contributed by atoms with E-state index >= 15 is 0 Å². The van der Waals surface area contributed by atoms with Gasteiger partial charge in [-0.05, 0) is 62.6 Å². The van der Waals surface area contributed by atoms with Crippen LogP contribution in [0.15, 0.2) is 42.6 Å². The molecule has 2 fully saturated rings. The van der Waals surface area contributed by atoms with Crippen LogP contribution in [-0.2, 0) is 28.9 Å². The summed E-state index contributed by atoms with van der Waals surface area (Å²) >= 11 is 0. The summed E-state index contributed by atoms with van der Waals surface area (Å²) in [5.41, 5.74) is 4.40. The highest BCUT2D eigenvalue weighted by atomic mass is 19.3. The molecule has 1 saturated heterocycles. The summed E-state index contributed by atoms with van der Waals surface area (Å²) in [6.07, 6.45) is 6.17. The van der Waals surface area contributed by atoms with E-state index in [1.807, 2.05) is 24.3 Å². The Morgan fingerprint density at radius 2 is 1.42 bits per heavy atom. The number of nitrogens with zero attached hydrogens (tertiary/aromatic N) is 6. The second-order valence-electron chi connectivity index (χ2n) is 10.5. The van der Waals surface area contributed by atoms with Crippen molar-refractivity contribution in [2.75, 3.05) is 18.0 Å². The first-order chi connectivity index (χ1) is 18.2. The van der Waals surface area contributed by atoms with Crippen LogP contribution < -0.4 is 4.90 Å². The average Bonchev–Trinajstić information content (AvgIpc) is 2.88. The summed E-state index contributed by atoms with van der Waals surface area (Å²) in [5, 5.41) is 17.3. The van der Waals surface area contributed by atoms with Gasteiger partial charge in [0.05, 0.1) is 60.6 Å². The lowest BCUT2D eigenvalue weighted by Crippen LogP contribution is -2.56. The normalized spacial score (nSPS) is 20.6. The number of ketones is 2. The molecule has 0 N–H and O–H groups in total. The molecule has 10 heteroatoms. The molecule has 1 saturated carbocycles. The largest absolute Gasteiger partial charge is 0.358 e. The van der Waals surface area contributed by atoms with Crippen molar-refractivity contribution in [1.82, 2.24) is 25.4 Å². The number of pyridine rings is 1. The zero-order chi connectivity index (χ0) is 26.7. The summed E-state index contributed by atoms with van der Waals surface area (Å²) in [6, 6.07) is 11.1. The van der Waals surface area contributed by atoms with E-state index in [2.05, 4.69) is 25.4 Å². The lowest BCUT2D eigenvalue weighted by molar-refractivity contribution is -0.118. The lowest BCUT2D eigenvalue weighted by Gasteiger charge is -2.40. The predicted molar refractivity (Wildman–Crippen MR) is 136 cm³/mol. The van der Waals surface area contributed by atoms with Gasteiger partial charge >= 0.3 is 0 Å². The molecule has 8 nitrogen and oxygen atoms in total. The molecule has 38 heavy (non-hydrogen) atoms. The van der Waals surface area contributed by atoms with Gasteiger partial charge in [0.2, 0.25) is 0 Å². The quantitative estimate of drug-likeness (QED) is 0.417. The van der Waals surface area contributed by atoms with Crippen molar-refractivity contribution in [3.8, 4) is 0 Å². The zero-order valence-corrected chi connectivity index (χ0v) is 21.3. The van der Waals surface area contributed by atoms with Crippen molar-refractivity contribution in [1.29, 1.82) is 0 Å². The minimum Gasteiger partial charge on any atom is -0.358 e. The third-order valence-electron chi connectivity index (χ3n) is 7.20. The highest BCUT2D eigenvalue weighted by Gasteiger charge is 2.44. The summed E-state index contributed by atoms with van der Waals surface area (Å²) in [4.78, 5) is 29.7. The van der Waals surface area contributed by atoms with Crippen molar-refractivity contribution in [2.24, 2.45) is 0 Å². The van der Waals surface area contributed by atoms with Crippen LogP contribution in [0.25, 0.3) is 0 Å². The number of alkyl halides is 2. The maximum Gasteiger partial charge on any atom is 0.282 e. The van der Waals surface area contributed by atoms with Gasteiger partial charge in [0.25, 0.3) is 5.92 Å². The van der Waals surface area contributed by atoms with Crippen LogP contribution in [0.1, 0.15) is 72.9 Å². The molecule has 4 heterocycles. The minimum absolute atomic E-state index is 0.0349. The van der Waals surface area contributed by atoms with Crippen LogP contribution in [0.4, 0.5) is 14.5 Å². The fourth-order valence-corrected chi connectivity index (χ4v) is 5.22. The lowest BCUT2D eigenvalue weighted by atomic mass is 9.78. The molecular weight excluding hydrogens is 490 g/mol. The van der Waals surface area contributed by atoms with E-state index in [1.54, 1.807) is 24.0 Å². The van der Waals surface area contributed by atoms with E-state index < -0.39 is 5.92 Å². The van der Waals surface area contributed by atoms with Crippen LogP contribution in [0, 0.1) is 0 Å². The first-order valence-corrected chi connectivity index (χ1v) is 13.0. The molecule has 2 aliphatic rings. The molecule has 0 amide bonds. The highest BCUT2D eigenvalue weighted by molar-refractivity contribution is 5.82. The Hall–Kier alpha value is -3.69. The van der Waals surface area contributed by atoms with E-state index in [0.29, 0.717) is 29.2 Å². The van der Waals surface area contributed by atoms with E-state index in [1.165, 1.54) is 6.20 Å². The first kappa shape index (κ1) is 25.9. The number of carbonyl (C=O) groups excluding carboxylic acids is 2. The summed E-state index contributed by atoms with van der Waals surface area (Å²) in [6.45, 7) is 0.946. The standard InChI is InChI=1S/C28H30F2N6O2/c1-18(37)11-22-6-9-26(34-32-22)19-3-2-4-20(12-19)27-10-7-23(33-35-27)14-25(38)13-21-5-8-24(15-31-21)36-16-28(29,30)17-36/h5-10,15,19-20H,2-4,11-14,16-17H2,1H3/t19-,20-/m0/s1. The number of hydrogen-bond acceptors (Lipinski definition) is 8. The van der Waals surface area contributed by atoms with Gasteiger partial charge in [-0.15, -0.1) is 0 Å². The molecule has 5 rings (SSSR count). The Morgan fingerprint density at radius 1 is 0.842 bits per heavy atom. The highest BCUT2D eigenvalue weighted by Crippen LogP contribution is 2.39. The van der Waals surface area contributed by atoms with Gasteiger partial charge in [-0.1, -0.05) is 6.42 Å². The Bertz CT molecular complexity index is 1270. The Balaban J connectivity index is 1.13. The first-order valence-electron chi connectivity index (χ1n) is 13.0. The molecule has 0 radical (unpaired) electrons. The van der Waals surface area contributed by atoms with Crippen LogP contribution in [-0.4, -0.2) is 56.0 Å². The van der Waals surface area contributed by atoms with Crippen molar-refractivity contribution in [3.63, 3.8) is 0 Å². The van der Waals surface area contributed by atoms with Gasteiger partial charge in [0.1, 0.15) is 11.6 Å². The number of aromatic nitrogens is 5. The molecule has 3 aromatic heterocycles. The number of anilines is 1. The van der Waals surface area contributed by atoms with Crippen molar-refractivity contribution < 1.29 is 18.4 Å². The van der Waals surface area contributed by atoms with Crippen molar-refractivity contribution in [2.45, 2.75) is 69.6 Å². The van der Waals surface area contributed by atoms with Gasteiger partial charge < -0.3 is 4.90 Å². The van der Waals surface area contributed by atoms with Crippen molar-refractivity contribution in [3.05, 3.63) is 71.1 Å². The molecule has 0 bridgehead atoms. The monoisotopic (exact) mass is 520 g/mol. The fraction of sp³-hybridized carbons (Fsp3) is 0.464. The molecule has 3 aromatic rings. The van der Waals surface area contributed by atoms with Crippen LogP contribution in [0.2, 0.25) is 0 Å². The number of rotatable bonds is 9. The van der Waals surface area contributed by atoms with E-state index in [4.69, 9.17) is 0 Å². The van der Waals surface area contributed by atoms with Gasteiger partial charge in [-0.25, -0.2) is 8.78 Å². The zero-order valence-electron chi connectivity index (χ0n) is 21.3. The predicted octanol–water partition coefficient (Wildman–Crippen LogP) is 4.04. The molecule has 2 atom stereocenters. The summed E-state index contributed by atoms with van der Waals surface area (Å²) in [5.74, 6) is -2.06. The summed E-state index contributed by atoms with van der Waals surface area (Å²) in [7, 11) is 0. The molecule has 198 valence electrons. The molecule has 1 aliphatic heterocycles. The fourth-order valence-electron chi connectivity index (χ4n) is 5.22. The summed E-state index contributed by atoms with van der Waals surface area (Å²) < 4.78 is 26.1. The van der Waals surface area contributed by atoms with Crippen LogP contribution >= 0.6 is 0 Å². The van der Waals surface area contributed by atoms with Crippen LogP contribution in [0.5, 0.6) is 0 Å². The van der Waals surface area contributed by atoms with E-state index in [0.717, 1.165) is 37.1 Å². The Labute approximate surface area is 219 Å². The SMILES string of the molecule is CC(=O)Cc1ccc([C@H]2CCC[C@H](c3ccc(CC(=O)Cc4ccc(N5CC(F)(F)C5)cn4)nn3)C2)nn1. The second-order valence-corrected chi connectivity index (χ2v) is 10.5. The molecule has 0 spiro atoms. The molecule has 1 aliphatic carbocycles. The number of halogens is 2. The number of carbonyl (C=O) groups is 2. The average molecular weight is 521 g/mol. The smallest absolute Gasteiger partial charge is 0.282 e. The maximum atomic E-state index is 13.1. The number of Topliss-reactive ketones (excluding diaryl/α,β-unsaturated/α-hetero) is 2. The van der Waals surface area contributed by atoms with E-state index in [9.17, 15) is 18.4 Å². The Kier molecular flexibility index (Phi) is 7.49. The van der Waals surface area contributed by atoms with Gasteiger partial charge in [-0.3, -0.25) is 14.6 Å². The van der Waals surface area contributed by atoms with E-state index in [-0.39, 0.29) is 49.3 Å². The third kappa shape index (κ3) is 6.41. The molecular formula is C28H30F2N6O2.